The number of fused-ring (bicyclic) bond motifs is 1. The summed E-state index contributed by atoms with van der Waals surface area (Å²) in [4.78, 5) is 19.1. The zero-order valence-electron chi connectivity index (χ0n) is 15.4. The number of carbonyl (C=O) groups excluding carboxylic acids is 1. The number of amides is 1. The molecule has 0 spiro atoms. The third-order valence-electron chi connectivity index (χ3n) is 5.87. The number of rotatable bonds is 5. The van der Waals surface area contributed by atoms with Crippen LogP contribution in [0.15, 0.2) is 18.3 Å². The number of ether oxygens (including phenoxy) is 1. The molecule has 2 aromatic rings. The summed E-state index contributed by atoms with van der Waals surface area (Å²) in [6, 6.07) is 3.87. The van der Waals surface area contributed by atoms with Crippen LogP contribution in [-0.4, -0.2) is 58.2 Å². The molecule has 2 saturated heterocycles. The Morgan fingerprint density at radius 1 is 1.15 bits per heavy atom. The molecular weight excluding hydrogens is 344 g/mol. The molecular formula is C19H26N6O2. The van der Waals surface area contributed by atoms with Crippen LogP contribution in [0.4, 0.5) is 0 Å². The van der Waals surface area contributed by atoms with Gasteiger partial charge in [0, 0.05) is 38.2 Å². The van der Waals surface area contributed by atoms with E-state index in [4.69, 9.17) is 4.74 Å². The van der Waals surface area contributed by atoms with Crippen LogP contribution in [0.1, 0.15) is 37.3 Å². The van der Waals surface area contributed by atoms with E-state index in [-0.39, 0.29) is 11.8 Å². The molecule has 0 atom stereocenters. The molecule has 0 radical (unpaired) electrons. The Morgan fingerprint density at radius 2 is 1.93 bits per heavy atom. The molecule has 0 unspecified atom stereocenters. The zero-order chi connectivity index (χ0) is 18.2. The minimum Gasteiger partial charge on any atom is -0.476 e. The molecule has 5 rings (SSSR count). The number of piperidine rings is 1. The maximum atomic E-state index is 12.5. The van der Waals surface area contributed by atoms with Crippen molar-refractivity contribution >= 4 is 11.6 Å². The third kappa shape index (κ3) is 3.64. The molecule has 1 amide bonds. The second-order valence-corrected chi connectivity index (χ2v) is 7.95. The van der Waals surface area contributed by atoms with Crippen molar-refractivity contribution < 1.29 is 9.53 Å². The van der Waals surface area contributed by atoms with Gasteiger partial charge in [0.15, 0.2) is 5.65 Å². The Labute approximate surface area is 158 Å². The van der Waals surface area contributed by atoms with Gasteiger partial charge in [-0.05, 0) is 37.7 Å². The van der Waals surface area contributed by atoms with E-state index in [1.54, 1.807) is 0 Å². The van der Waals surface area contributed by atoms with E-state index < -0.39 is 0 Å². The number of carbonyl (C=O) groups is 1. The molecule has 144 valence electrons. The van der Waals surface area contributed by atoms with Crippen LogP contribution >= 0.6 is 0 Å². The SMILES string of the molecule is O=C(C1CNNC1)N1CCC(COc2ccc3nc(C4CC4)cn3n2)CC1. The summed E-state index contributed by atoms with van der Waals surface area (Å²) >= 11 is 0. The molecule has 8 nitrogen and oxygen atoms in total. The molecule has 0 aromatic carbocycles. The average Bonchev–Trinajstić information content (AvgIpc) is 3.24. The average molecular weight is 370 g/mol. The fourth-order valence-corrected chi connectivity index (χ4v) is 3.95. The molecule has 2 aromatic heterocycles. The third-order valence-corrected chi connectivity index (χ3v) is 5.87. The van der Waals surface area contributed by atoms with Crippen molar-refractivity contribution in [2.45, 2.75) is 31.6 Å². The van der Waals surface area contributed by atoms with E-state index in [0.717, 1.165) is 50.4 Å². The predicted molar refractivity (Wildman–Crippen MR) is 99.3 cm³/mol. The van der Waals surface area contributed by atoms with Gasteiger partial charge in [-0.3, -0.25) is 15.6 Å². The highest BCUT2D eigenvalue weighted by atomic mass is 16.5. The van der Waals surface area contributed by atoms with Gasteiger partial charge in [0.25, 0.3) is 0 Å². The van der Waals surface area contributed by atoms with E-state index in [1.807, 2.05) is 27.7 Å². The summed E-state index contributed by atoms with van der Waals surface area (Å²) < 4.78 is 7.78. The summed E-state index contributed by atoms with van der Waals surface area (Å²) in [6.45, 7) is 3.75. The molecule has 3 aliphatic rings. The van der Waals surface area contributed by atoms with Crippen LogP contribution in [0.25, 0.3) is 5.65 Å². The van der Waals surface area contributed by atoms with E-state index in [1.165, 1.54) is 12.8 Å². The molecule has 0 bridgehead atoms. The number of nitrogens with zero attached hydrogens (tertiary/aromatic N) is 4. The number of hydrazine groups is 1. The summed E-state index contributed by atoms with van der Waals surface area (Å²) in [5.41, 5.74) is 8.09. The Morgan fingerprint density at radius 3 is 2.67 bits per heavy atom. The highest BCUT2D eigenvalue weighted by Crippen LogP contribution is 2.39. The first kappa shape index (κ1) is 16.9. The Balaban J connectivity index is 1.13. The molecule has 1 saturated carbocycles. The van der Waals surface area contributed by atoms with E-state index >= 15 is 0 Å². The van der Waals surface area contributed by atoms with Crippen LogP contribution in [0.3, 0.4) is 0 Å². The predicted octanol–water partition coefficient (Wildman–Crippen LogP) is 0.948. The maximum absolute atomic E-state index is 12.5. The largest absolute Gasteiger partial charge is 0.476 e. The zero-order valence-corrected chi connectivity index (χ0v) is 15.4. The standard InChI is InChI=1S/C19H26N6O2/c26-19(15-9-20-21-10-15)24-7-5-13(6-8-24)12-27-18-4-3-17-22-16(14-1-2-14)11-25(17)23-18/h3-4,11,13-15,20-21H,1-2,5-10,12H2. The van der Waals surface area contributed by atoms with Crippen LogP contribution < -0.4 is 15.6 Å². The van der Waals surface area contributed by atoms with Gasteiger partial charge in [0.2, 0.25) is 11.8 Å². The fraction of sp³-hybridized carbons (Fsp3) is 0.632. The van der Waals surface area contributed by atoms with Crippen molar-refractivity contribution in [1.82, 2.24) is 30.3 Å². The van der Waals surface area contributed by atoms with E-state index in [0.29, 0.717) is 24.3 Å². The molecule has 1 aliphatic carbocycles. The summed E-state index contributed by atoms with van der Waals surface area (Å²) in [7, 11) is 0. The normalized spacial score (nSPS) is 21.9. The maximum Gasteiger partial charge on any atom is 0.231 e. The van der Waals surface area contributed by atoms with Gasteiger partial charge in [-0.1, -0.05) is 0 Å². The fourth-order valence-electron chi connectivity index (χ4n) is 3.95. The summed E-state index contributed by atoms with van der Waals surface area (Å²) in [5.74, 6) is 2.08. The highest BCUT2D eigenvalue weighted by Gasteiger charge is 2.30. The van der Waals surface area contributed by atoms with Crippen molar-refractivity contribution in [3.63, 3.8) is 0 Å². The van der Waals surface area contributed by atoms with Gasteiger partial charge in [-0.15, -0.1) is 5.10 Å². The number of aromatic nitrogens is 3. The number of hydrogen-bond donors (Lipinski definition) is 2. The van der Waals surface area contributed by atoms with Gasteiger partial charge >= 0.3 is 0 Å². The lowest BCUT2D eigenvalue weighted by molar-refractivity contribution is -0.136. The molecule has 27 heavy (non-hydrogen) atoms. The van der Waals surface area contributed by atoms with Crippen LogP contribution in [-0.2, 0) is 4.79 Å². The second kappa shape index (κ2) is 7.09. The number of hydrogen-bond acceptors (Lipinski definition) is 6. The van der Waals surface area contributed by atoms with Gasteiger partial charge < -0.3 is 9.64 Å². The lowest BCUT2D eigenvalue weighted by Crippen LogP contribution is -2.43. The van der Waals surface area contributed by atoms with Crippen LogP contribution in [0.2, 0.25) is 0 Å². The van der Waals surface area contributed by atoms with Gasteiger partial charge in [-0.25, -0.2) is 9.50 Å². The summed E-state index contributed by atoms with van der Waals surface area (Å²) in [5, 5.41) is 4.54. The van der Waals surface area contributed by atoms with Gasteiger partial charge in [0.1, 0.15) is 0 Å². The quantitative estimate of drug-likeness (QED) is 0.815. The first-order valence-electron chi connectivity index (χ1n) is 10.00. The van der Waals surface area contributed by atoms with Crippen LogP contribution in [0, 0.1) is 11.8 Å². The van der Waals surface area contributed by atoms with Crippen molar-refractivity contribution in [2.75, 3.05) is 32.8 Å². The first-order chi connectivity index (χ1) is 13.3. The van der Waals surface area contributed by atoms with E-state index in [9.17, 15) is 4.79 Å². The molecule has 3 fully saturated rings. The topological polar surface area (TPSA) is 83.8 Å². The monoisotopic (exact) mass is 370 g/mol. The summed E-state index contributed by atoms with van der Waals surface area (Å²) in [6.07, 6.45) is 6.47. The minimum atomic E-state index is 0.0736. The van der Waals surface area contributed by atoms with Gasteiger partial charge in [-0.2, -0.15) is 0 Å². The number of nitrogens with one attached hydrogen (secondary N) is 2. The van der Waals surface area contributed by atoms with Gasteiger partial charge in [0.05, 0.1) is 24.4 Å². The molecule has 4 heterocycles. The van der Waals surface area contributed by atoms with Crippen molar-refractivity contribution in [2.24, 2.45) is 11.8 Å². The lowest BCUT2D eigenvalue weighted by atomic mass is 9.96. The van der Waals surface area contributed by atoms with E-state index in [2.05, 4.69) is 20.9 Å². The number of likely N-dealkylation sites (tertiary alicyclic amines) is 1. The molecule has 2 aliphatic heterocycles. The molecule has 2 N–H and O–H groups in total. The highest BCUT2D eigenvalue weighted by molar-refractivity contribution is 5.79. The second-order valence-electron chi connectivity index (χ2n) is 7.95. The van der Waals surface area contributed by atoms with Crippen molar-refractivity contribution in [1.29, 1.82) is 0 Å². The van der Waals surface area contributed by atoms with Crippen molar-refractivity contribution in [3.05, 3.63) is 24.0 Å². The Hall–Kier alpha value is -2.19. The van der Waals surface area contributed by atoms with Crippen LogP contribution in [0.5, 0.6) is 5.88 Å². The minimum absolute atomic E-state index is 0.0736. The Kier molecular flexibility index (Phi) is 4.45. The van der Waals surface area contributed by atoms with Crippen molar-refractivity contribution in [3.8, 4) is 5.88 Å². The Bertz CT molecular complexity index is 819. The molecule has 8 heteroatoms. The first-order valence-corrected chi connectivity index (χ1v) is 10.00. The lowest BCUT2D eigenvalue weighted by Gasteiger charge is -2.33. The number of imidazole rings is 1. The smallest absolute Gasteiger partial charge is 0.231 e.